The number of hydrogen-bond acceptors (Lipinski definition) is 3. The van der Waals surface area contributed by atoms with Crippen molar-refractivity contribution in [1.29, 1.82) is 0 Å². The Kier molecular flexibility index (Phi) is 10.6. The Morgan fingerprint density at radius 1 is 1.09 bits per heavy atom. The number of rotatable bonds is 11. The van der Waals surface area contributed by atoms with Crippen LogP contribution in [0.3, 0.4) is 0 Å². The normalized spacial score (nSPS) is 14.1. The molecule has 6 nitrogen and oxygen atoms in total. The zero-order valence-electron chi connectivity index (χ0n) is 15.7. The predicted octanol–water partition coefficient (Wildman–Crippen LogP) is 1.59. The summed E-state index contributed by atoms with van der Waals surface area (Å²) < 4.78 is 0. The van der Waals surface area contributed by atoms with Gasteiger partial charge in [0.15, 0.2) is 5.96 Å². The highest BCUT2D eigenvalue weighted by Crippen LogP contribution is 2.11. The van der Waals surface area contributed by atoms with Crippen molar-refractivity contribution in [1.82, 2.24) is 10.6 Å². The Hall–Kier alpha value is -1.30. The van der Waals surface area contributed by atoms with Gasteiger partial charge in [0.05, 0.1) is 6.04 Å². The third-order valence-corrected chi connectivity index (χ3v) is 3.66. The van der Waals surface area contributed by atoms with Crippen LogP contribution in [-0.4, -0.2) is 36.5 Å². The number of carbonyl (C=O) groups is 1. The first kappa shape index (κ1) is 21.7. The van der Waals surface area contributed by atoms with Gasteiger partial charge in [0.2, 0.25) is 5.91 Å². The minimum absolute atomic E-state index is 0.0907. The maximum absolute atomic E-state index is 12.6. The molecule has 0 fully saturated rings. The number of hydrogen-bond donors (Lipinski definition) is 4. The summed E-state index contributed by atoms with van der Waals surface area (Å²) in [5, 5.41) is 6.57. The number of carbonyl (C=O) groups excluding carboxylic acids is 1. The topological polar surface area (TPSA) is 106 Å². The fraction of sp³-hybridized carbons (Fsp3) is 0.882. The van der Waals surface area contributed by atoms with E-state index in [9.17, 15) is 4.79 Å². The van der Waals surface area contributed by atoms with Crippen LogP contribution >= 0.6 is 0 Å². The summed E-state index contributed by atoms with van der Waals surface area (Å²) in [6, 6.07) is 0.276. The molecule has 23 heavy (non-hydrogen) atoms. The lowest BCUT2D eigenvalue weighted by atomic mass is 9.97. The highest BCUT2D eigenvalue weighted by atomic mass is 16.2. The van der Waals surface area contributed by atoms with Crippen LogP contribution < -0.4 is 22.1 Å². The summed E-state index contributed by atoms with van der Waals surface area (Å²) in [6.45, 7) is 13.2. The van der Waals surface area contributed by atoms with Crippen molar-refractivity contribution < 1.29 is 4.79 Å². The van der Waals surface area contributed by atoms with E-state index >= 15 is 0 Å². The molecule has 0 aliphatic heterocycles. The van der Waals surface area contributed by atoms with Crippen LogP contribution in [-0.2, 0) is 4.79 Å². The molecule has 1 amide bonds. The van der Waals surface area contributed by atoms with Crippen LogP contribution in [0, 0.1) is 11.8 Å². The molecule has 0 aromatic heterocycles. The number of nitrogens with two attached hydrogens (primary N) is 2. The fourth-order valence-electron chi connectivity index (χ4n) is 2.50. The summed E-state index contributed by atoms with van der Waals surface area (Å²) in [7, 11) is 0. The molecule has 0 saturated carbocycles. The Balaban J connectivity index is 4.62. The van der Waals surface area contributed by atoms with E-state index in [0.717, 1.165) is 19.3 Å². The van der Waals surface area contributed by atoms with Gasteiger partial charge in [-0.3, -0.25) is 9.79 Å². The van der Waals surface area contributed by atoms with Gasteiger partial charge >= 0.3 is 0 Å². The van der Waals surface area contributed by atoms with Crippen LogP contribution in [0.25, 0.3) is 0 Å². The summed E-state index contributed by atoms with van der Waals surface area (Å²) in [5.74, 6) is 1.05. The molecule has 0 heterocycles. The molecule has 2 unspecified atom stereocenters. The molecule has 2 atom stereocenters. The van der Waals surface area contributed by atoms with E-state index in [2.05, 4.69) is 57.2 Å². The molecule has 0 aliphatic rings. The van der Waals surface area contributed by atoms with Crippen molar-refractivity contribution >= 4 is 11.9 Å². The highest BCUT2D eigenvalue weighted by Gasteiger charge is 2.24. The van der Waals surface area contributed by atoms with Gasteiger partial charge in [-0.2, -0.15) is 0 Å². The predicted molar refractivity (Wildman–Crippen MR) is 98.2 cm³/mol. The van der Waals surface area contributed by atoms with Crippen molar-refractivity contribution in [2.75, 3.05) is 6.54 Å². The monoisotopic (exact) mass is 327 g/mol. The Morgan fingerprint density at radius 2 is 1.70 bits per heavy atom. The Labute approximate surface area is 141 Å². The smallest absolute Gasteiger partial charge is 0.237 e. The van der Waals surface area contributed by atoms with Crippen LogP contribution in [0.2, 0.25) is 0 Å². The summed E-state index contributed by atoms with van der Waals surface area (Å²) in [5.41, 5.74) is 10.7. The molecule has 0 aromatic carbocycles. The number of aliphatic imine (C=N–C) groups is 1. The van der Waals surface area contributed by atoms with Gasteiger partial charge in [-0.15, -0.1) is 0 Å². The van der Waals surface area contributed by atoms with E-state index in [4.69, 9.17) is 11.5 Å². The maximum Gasteiger partial charge on any atom is 0.237 e. The lowest BCUT2D eigenvalue weighted by Crippen LogP contribution is -2.51. The zero-order valence-corrected chi connectivity index (χ0v) is 15.7. The van der Waals surface area contributed by atoms with E-state index in [0.29, 0.717) is 18.4 Å². The van der Waals surface area contributed by atoms with Gasteiger partial charge in [0.1, 0.15) is 0 Å². The number of amides is 1. The van der Waals surface area contributed by atoms with Gasteiger partial charge in [0.25, 0.3) is 0 Å². The van der Waals surface area contributed by atoms with E-state index in [1.165, 1.54) is 0 Å². The third kappa shape index (κ3) is 11.0. The van der Waals surface area contributed by atoms with Gasteiger partial charge < -0.3 is 22.1 Å². The summed E-state index contributed by atoms with van der Waals surface area (Å²) in [4.78, 5) is 16.6. The van der Waals surface area contributed by atoms with Crippen molar-refractivity contribution in [3.8, 4) is 0 Å². The van der Waals surface area contributed by atoms with Gasteiger partial charge in [-0.05, 0) is 31.1 Å². The van der Waals surface area contributed by atoms with Gasteiger partial charge in [0, 0.05) is 18.6 Å². The molecule has 0 aliphatic carbocycles. The van der Waals surface area contributed by atoms with Crippen molar-refractivity contribution in [3.05, 3.63) is 0 Å². The van der Waals surface area contributed by atoms with Crippen molar-refractivity contribution in [3.63, 3.8) is 0 Å². The molecule has 0 aromatic rings. The van der Waals surface area contributed by atoms with Crippen LogP contribution in [0.15, 0.2) is 4.99 Å². The summed E-state index contributed by atoms with van der Waals surface area (Å²) in [6.07, 6.45) is 2.56. The number of nitrogens with one attached hydrogen (secondary N) is 2. The standard InChI is InChI=1S/C17H37N5O/c1-11(2)10-15(21-13(5)6)16(23)22-14(12(3)4)8-7-9-20-17(18)19/h11-15,21H,7-10H2,1-6H3,(H,22,23)(H4,18,19,20). The SMILES string of the molecule is CC(C)CC(NC(C)C)C(=O)NC(CCCN=C(N)N)C(C)C. The lowest BCUT2D eigenvalue weighted by molar-refractivity contribution is -0.124. The molecule has 6 heteroatoms. The molecule has 0 bridgehead atoms. The third-order valence-electron chi connectivity index (χ3n) is 3.66. The van der Waals surface area contributed by atoms with Crippen LogP contribution in [0.4, 0.5) is 0 Å². The zero-order chi connectivity index (χ0) is 18.0. The quantitative estimate of drug-likeness (QED) is 0.263. The first-order valence-corrected chi connectivity index (χ1v) is 8.75. The second kappa shape index (κ2) is 11.3. The molecule has 0 radical (unpaired) electrons. The Bertz CT molecular complexity index is 352. The molecule has 0 rings (SSSR count). The number of guanidine groups is 1. The molecular weight excluding hydrogens is 290 g/mol. The van der Waals surface area contributed by atoms with Crippen molar-refractivity contribution in [2.45, 2.75) is 78.9 Å². The second-order valence-electron chi connectivity index (χ2n) is 7.31. The molecular formula is C17H37N5O. The van der Waals surface area contributed by atoms with Crippen LogP contribution in [0.1, 0.15) is 60.8 Å². The van der Waals surface area contributed by atoms with Gasteiger partial charge in [-0.25, -0.2) is 0 Å². The molecule has 0 saturated heterocycles. The Morgan fingerprint density at radius 3 is 2.13 bits per heavy atom. The molecule has 0 spiro atoms. The average molecular weight is 328 g/mol. The maximum atomic E-state index is 12.6. The fourth-order valence-corrected chi connectivity index (χ4v) is 2.50. The van der Waals surface area contributed by atoms with Gasteiger partial charge in [-0.1, -0.05) is 41.5 Å². The van der Waals surface area contributed by atoms with E-state index in [1.807, 2.05) is 0 Å². The van der Waals surface area contributed by atoms with E-state index < -0.39 is 0 Å². The second-order valence-corrected chi connectivity index (χ2v) is 7.31. The largest absolute Gasteiger partial charge is 0.370 e. The minimum Gasteiger partial charge on any atom is -0.370 e. The summed E-state index contributed by atoms with van der Waals surface area (Å²) >= 11 is 0. The molecule has 6 N–H and O–H groups in total. The van der Waals surface area contributed by atoms with E-state index in [-0.39, 0.29) is 30.0 Å². The number of nitrogens with zero attached hydrogens (tertiary/aromatic N) is 1. The lowest BCUT2D eigenvalue weighted by Gasteiger charge is -2.27. The minimum atomic E-state index is -0.144. The molecule has 136 valence electrons. The van der Waals surface area contributed by atoms with Crippen molar-refractivity contribution in [2.24, 2.45) is 28.3 Å². The average Bonchev–Trinajstić information content (AvgIpc) is 2.39. The van der Waals surface area contributed by atoms with Crippen LogP contribution in [0.5, 0.6) is 0 Å². The highest BCUT2D eigenvalue weighted by molar-refractivity contribution is 5.82. The first-order chi connectivity index (χ1) is 10.6. The first-order valence-electron chi connectivity index (χ1n) is 8.75. The van der Waals surface area contributed by atoms with E-state index in [1.54, 1.807) is 0 Å².